The second kappa shape index (κ2) is 30.3. The van der Waals surface area contributed by atoms with Crippen LogP contribution < -0.4 is 54.4 Å². The van der Waals surface area contributed by atoms with Crippen molar-refractivity contribution in [1.29, 1.82) is 0 Å². The normalized spacial score (nSPS) is 14.1. The number of rotatable bonds is 32. The van der Waals surface area contributed by atoms with E-state index in [-0.39, 0.29) is 50.8 Å². The molecule has 0 saturated carbocycles. The molecule has 1 heterocycles. The zero-order valence-electron chi connectivity index (χ0n) is 37.3. The number of amides is 8. The van der Waals surface area contributed by atoms with E-state index >= 15 is 0 Å². The maximum atomic E-state index is 14.1. The van der Waals surface area contributed by atoms with Crippen LogP contribution in [0.1, 0.15) is 63.1 Å². The highest BCUT2D eigenvalue weighted by molar-refractivity contribution is 7.98. The van der Waals surface area contributed by atoms with Crippen molar-refractivity contribution in [2.75, 3.05) is 37.1 Å². The number of hydrogen-bond donors (Lipinski definition) is 13. The number of imidazole rings is 1. The first kappa shape index (κ1) is 56.2. The smallest absolute Gasteiger partial charge is 0.325 e. The number of nitrogens with zero attached hydrogens (tertiary/aromatic N) is 1. The number of H-pyrrole nitrogens is 1. The van der Waals surface area contributed by atoms with Gasteiger partial charge in [-0.25, -0.2) is 4.98 Å². The van der Waals surface area contributed by atoms with Crippen molar-refractivity contribution in [2.45, 2.75) is 107 Å². The number of carboxylic acids is 1. The van der Waals surface area contributed by atoms with Gasteiger partial charge in [-0.2, -0.15) is 23.5 Å². The van der Waals surface area contributed by atoms with Gasteiger partial charge in [0.25, 0.3) is 0 Å². The number of carboxylic acid groups (broad SMARTS) is 1. The molecule has 23 nitrogen and oxygen atoms in total. The van der Waals surface area contributed by atoms with Crippen LogP contribution in [0.15, 0.2) is 36.8 Å². The molecule has 1 aromatic carbocycles. The number of phenolic OH excluding ortho intramolecular Hbond substituents is 1. The fraction of sp³-hybridized carbons (Fsp3) is 0.561. The summed E-state index contributed by atoms with van der Waals surface area (Å²) in [5.74, 6) is -6.60. The Kier molecular flexibility index (Phi) is 25.8. The molecule has 0 aliphatic carbocycles. The Balaban J connectivity index is 2.33. The number of thioether (sulfide) groups is 2. The van der Waals surface area contributed by atoms with Gasteiger partial charge < -0.3 is 69.6 Å². The first-order valence-electron chi connectivity index (χ1n) is 21.2. The first-order chi connectivity index (χ1) is 31.4. The summed E-state index contributed by atoms with van der Waals surface area (Å²) in [7, 11) is 0. The van der Waals surface area contributed by atoms with Crippen molar-refractivity contribution in [3.05, 3.63) is 48.0 Å². The minimum atomic E-state index is -1.36. The Morgan fingerprint density at radius 1 is 0.697 bits per heavy atom. The van der Waals surface area contributed by atoms with Crippen molar-refractivity contribution >= 4 is 76.8 Å². The molecule has 2 rings (SSSR count). The maximum Gasteiger partial charge on any atom is 0.325 e. The zero-order valence-corrected chi connectivity index (χ0v) is 38.9. The molecular formula is C41H64N12O11S2. The lowest BCUT2D eigenvalue weighted by Crippen LogP contribution is -2.59. The van der Waals surface area contributed by atoms with Gasteiger partial charge in [-0.1, -0.05) is 12.1 Å². The number of unbranched alkanes of at least 4 members (excludes halogenated alkanes) is 1. The summed E-state index contributed by atoms with van der Waals surface area (Å²) in [6, 6.07) is -2.86. The van der Waals surface area contributed by atoms with Crippen molar-refractivity contribution in [3.63, 3.8) is 0 Å². The number of aromatic hydroxyl groups is 1. The lowest BCUT2D eigenvalue weighted by Gasteiger charge is -2.27. The van der Waals surface area contributed by atoms with Crippen LogP contribution in [-0.2, 0) is 56.0 Å². The van der Waals surface area contributed by atoms with Crippen molar-refractivity contribution < 1.29 is 53.4 Å². The zero-order chi connectivity index (χ0) is 49.2. The van der Waals surface area contributed by atoms with E-state index in [0.29, 0.717) is 42.0 Å². The molecular weight excluding hydrogens is 901 g/mol. The third-order valence-corrected chi connectivity index (χ3v) is 11.2. The highest BCUT2D eigenvalue weighted by Crippen LogP contribution is 2.13. The van der Waals surface area contributed by atoms with E-state index in [4.69, 9.17) is 17.2 Å². The second-order valence-electron chi connectivity index (χ2n) is 15.3. The highest BCUT2D eigenvalue weighted by atomic mass is 32.2. The molecule has 25 heteroatoms. The van der Waals surface area contributed by atoms with Crippen LogP contribution in [0.3, 0.4) is 0 Å². The minimum absolute atomic E-state index is 0.0587. The van der Waals surface area contributed by atoms with Crippen molar-refractivity contribution in [3.8, 4) is 5.75 Å². The molecule has 0 spiro atoms. The molecule has 366 valence electrons. The van der Waals surface area contributed by atoms with Crippen molar-refractivity contribution in [2.24, 2.45) is 17.2 Å². The molecule has 8 amide bonds. The summed E-state index contributed by atoms with van der Waals surface area (Å²) >= 11 is 2.85. The molecule has 0 radical (unpaired) electrons. The van der Waals surface area contributed by atoms with Gasteiger partial charge in [-0.05, 0) is 93.7 Å². The summed E-state index contributed by atoms with van der Waals surface area (Å²) in [4.78, 5) is 124. The van der Waals surface area contributed by atoms with Gasteiger partial charge in [0.1, 0.15) is 42.0 Å². The van der Waals surface area contributed by atoms with Gasteiger partial charge in [0.15, 0.2) is 0 Å². The molecule has 0 aliphatic rings. The summed E-state index contributed by atoms with van der Waals surface area (Å²) in [5.41, 5.74) is 17.9. The number of phenols is 1. The minimum Gasteiger partial charge on any atom is -0.508 e. The third-order valence-electron chi connectivity index (χ3n) is 9.90. The van der Waals surface area contributed by atoms with Crippen LogP contribution in [0.4, 0.5) is 0 Å². The molecule has 0 bridgehead atoms. The highest BCUT2D eigenvalue weighted by Gasteiger charge is 2.33. The number of carbonyl (C=O) groups is 9. The summed E-state index contributed by atoms with van der Waals surface area (Å²) < 4.78 is 0. The molecule has 0 aliphatic heterocycles. The Labute approximate surface area is 391 Å². The molecule has 7 atom stereocenters. The predicted octanol–water partition coefficient (Wildman–Crippen LogP) is -2.74. The SMILES string of the molecule is CSCC[C@H](NC(=O)[C@H](Cc1ccc(O)cc1)NC(=O)CNC(=O)[C@H](CCC(N)=O)NC(=O)[C@@H](N)CCSC)C(=O)N[C@@H](CCCCN)C(=O)N[C@@H](Cc1cnc[nH]1)C(=O)N[C@@H](C)C(=O)O. The number of primary amides is 1. The fourth-order valence-electron chi connectivity index (χ4n) is 6.11. The van der Waals surface area contributed by atoms with Gasteiger partial charge >= 0.3 is 5.97 Å². The molecule has 2 aromatic rings. The average molecular weight is 965 g/mol. The van der Waals surface area contributed by atoms with Gasteiger partial charge in [-0.15, -0.1) is 0 Å². The number of hydrogen-bond acceptors (Lipinski definition) is 15. The van der Waals surface area contributed by atoms with E-state index in [1.807, 2.05) is 6.26 Å². The van der Waals surface area contributed by atoms with Gasteiger partial charge in [0.05, 0.1) is 18.9 Å². The number of aromatic nitrogens is 2. The lowest BCUT2D eigenvalue weighted by atomic mass is 10.0. The summed E-state index contributed by atoms with van der Waals surface area (Å²) in [6.45, 7) is 0.863. The first-order valence-corrected chi connectivity index (χ1v) is 24.0. The lowest BCUT2D eigenvalue weighted by molar-refractivity contribution is -0.141. The third kappa shape index (κ3) is 21.4. The second-order valence-corrected chi connectivity index (χ2v) is 17.2. The van der Waals surface area contributed by atoms with Crippen molar-refractivity contribution in [1.82, 2.24) is 47.2 Å². The van der Waals surface area contributed by atoms with Crippen LogP contribution in [0.5, 0.6) is 5.75 Å². The van der Waals surface area contributed by atoms with Crippen LogP contribution in [0.2, 0.25) is 0 Å². The quantitative estimate of drug-likeness (QED) is 0.0331. The number of aliphatic carboxylic acids is 1. The van der Waals surface area contributed by atoms with Crippen LogP contribution >= 0.6 is 23.5 Å². The van der Waals surface area contributed by atoms with Crippen LogP contribution in [-0.4, -0.2) is 153 Å². The Morgan fingerprint density at radius 3 is 1.82 bits per heavy atom. The van der Waals surface area contributed by atoms with E-state index in [0.717, 1.165) is 0 Å². The Hall–Kier alpha value is -5.92. The van der Waals surface area contributed by atoms with E-state index in [2.05, 4.69) is 47.2 Å². The Bertz CT molecular complexity index is 1910. The number of nitrogens with two attached hydrogens (primary N) is 3. The van der Waals surface area contributed by atoms with E-state index < -0.39 is 102 Å². The molecule has 66 heavy (non-hydrogen) atoms. The molecule has 0 unspecified atom stereocenters. The van der Waals surface area contributed by atoms with Crippen LogP contribution in [0.25, 0.3) is 0 Å². The van der Waals surface area contributed by atoms with Gasteiger partial charge in [0.2, 0.25) is 47.3 Å². The average Bonchev–Trinajstić information content (AvgIpc) is 3.80. The number of nitrogens with one attached hydrogen (secondary N) is 8. The predicted molar refractivity (Wildman–Crippen MR) is 247 cm³/mol. The van der Waals surface area contributed by atoms with Gasteiger partial charge in [0, 0.05) is 31.2 Å². The number of benzene rings is 1. The van der Waals surface area contributed by atoms with E-state index in [1.54, 1.807) is 6.26 Å². The largest absolute Gasteiger partial charge is 0.508 e. The fourth-order valence-corrected chi connectivity index (χ4v) is 7.07. The monoisotopic (exact) mass is 964 g/mol. The van der Waals surface area contributed by atoms with E-state index in [9.17, 15) is 53.4 Å². The summed E-state index contributed by atoms with van der Waals surface area (Å²) in [5, 5.41) is 37.0. The molecule has 16 N–H and O–H groups in total. The van der Waals surface area contributed by atoms with E-state index in [1.165, 1.54) is 67.2 Å². The Morgan fingerprint density at radius 2 is 1.24 bits per heavy atom. The molecule has 1 aromatic heterocycles. The number of carbonyl (C=O) groups excluding carboxylic acids is 8. The summed E-state index contributed by atoms with van der Waals surface area (Å²) in [6.07, 6.45) is 7.05. The molecule has 0 saturated heterocycles. The standard InChI is InChI=1S/C41H64N12O11S2/c1-23(41(63)64)48-39(61)32(19-25-20-45-22-47-25)53-37(59)28(6-4-5-15-42)51-38(60)30(14-17-66-3)52-40(62)31(18-24-7-9-26(54)10-8-24)49-34(56)21-46-36(58)29(11-12-33(44)55)50-35(57)27(43)13-16-65-2/h7-10,20,22-23,27-32,54H,4-6,11-19,21,42-43H2,1-3H3,(H2,44,55)(H,45,47)(H,46,58)(H,48,61)(H,49,56)(H,50,57)(H,51,60)(H,52,62)(H,53,59)(H,63,64)/t23-,27-,28-,29-,30-,31-,32-/m0/s1. The van der Waals surface area contributed by atoms with Crippen LogP contribution in [0, 0.1) is 0 Å². The topological polar surface area (TPSA) is 385 Å². The molecule has 0 fully saturated rings. The maximum absolute atomic E-state index is 14.1. The van der Waals surface area contributed by atoms with Gasteiger partial charge in [-0.3, -0.25) is 43.2 Å². The number of aromatic amines is 1.